The summed E-state index contributed by atoms with van der Waals surface area (Å²) in [4.78, 5) is 13.6. The van der Waals surface area contributed by atoms with Gasteiger partial charge in [-0.3, -0.25) is 0 Å². The van der Waals surface area contributed by atoms with Crippen LogP contribution in [0.15, 0.2) is 16.9 Å². The number of ether oxygens (including phenoxy) is 1. The van der Waals surface area contributed by atoms with Gasteiger partial charge in [0, 0.05) is 4.91 Å². The number of rotatable bonds is 5. The third-order valence-electron chi connectivity index (χ3n) is 1.26. The number of allylic oxidation sites excluding steroid dienone is 1. The Morgan fingerprint density at radius 3 is 2.77 bits per heavy atom. The number of carbonyl (C=O) groups excluding carboxylic acids is 1. The predicted molar refractivity (Wildman–Crippen MR) is 48.8 cm³/mol. The molecule has 72 valence electrons. The van der Waals surface area contributed by atoms with Crippen molar-refractivity contribution in [2.75, 3.05) is 6.61 Å². The molecule has 0 aliphatic rings. The van der Waals surface area contributed by atoms with Gasteiger partial charge in [-0.25, -0.2) is 4.79 Å². The second kappa shape index (κ2) is 7.18. The summed E-state index contributed by atoms with van der Waals surface area (Å²) in [5.41, 5.74) is 8.21. The lowest BCUT2D eigenvalue weighted by Gasteiger charge is -1.99. The maximum Gasteiger partial charge on any atom is 0.340 e. The Bertz CT molecular complexity index is 242. The van der Waals surface area contributed by atoms with Gasteiger partial charge in [0.25, 0.3) is 0 Å². The zero-order chi connectivity index (χ0) is 10.1. The summed E-state index contributed by atoms with van der Waals surface area (Å²) in [6.07, 6.45) is 3.18. The van der Waals surface area contributed by atoms with Crippen LogP contribution in [0.1, 0.15) is 26.7 Å². The Morgan fingerprint density at radius 2 is 2.31 bits per heavy atom. The van der Waals surface area contributed by atoms with Crippen LogP contribution in [0.5, 0.6) is 0 Å². The second-order valence-corrected chi connectivity index (χ2v) is 2.29. The van der Waals surface area contributed by atoms with Crippen molar-refractivity contribution in [2.45, 2.75) is 26.7 Å². The van der Waals surface area contributed by atoms with E-state index >= 15 is 0 Å². The van der Waals surface area contributed by atoms with Gasteiger partial charge in [-0.1, -0.05) is 24.5 Å². The summed E-state index contributed by atoms with van der Waals surface area (Å²) >= 11 is 0. The van der Waals surface area contributed by atoms with Gasteiger partial charge >= 0.3 is 5.97 Å². The third-order valence-corrected chi connectivity index (χ3v) is 1.26. The van der Waals surface area contributed by atoms with Crippen LogP contribution in [0.2, 0.25) is 0 Å². The molecular formula is C8H13N3O2. The van der Waals surface area contributed by atoms with E-state index in [1.165, 1.54) is 0 Å². The first-order valence-electron chi connectivity index (χ1n) is 4.18. The molecule has 0 aromatic rings. The smallest absolute Gasteiger partial charge is 0.340 e. The minimum atomic E-state index is -0.561. The van der Waals surface area contributed by atoms with Crippen LogP contribution in [0.4, 0.5) is 0 Å². The van der Waals surface area contributed by atoms with Crippen LogP contribution in [-0.4, -0.2) is 12.6 Å². The van der Waals surface area contributed by atoms with Crippen molar-refractivity contribution in [1.82, 2.24) is 0 Å². The molecule has 5 nitrogen and oxygen atoms in total. The van der Waals surface area contributed by atoms with Crippen LogP contribution >= 0.6 is 0 Å². The van der Waals surface area contributed by atoms with Gasteiger partial charge in [-0.15, -0.1) is 0 Å². The Kier molecular flexibility index (Phi) is 6.37. The molecule has 0 saturated carbocycles. The Hall–Kier alpha value is -1.48. The average Bonchev–Trinajstić information content (AvgIpc) is 2.12. The van der Waals surface area contributed by atoms with E-state index in [1.54, 1.807) is 13.0 Å². The summed E-state index contributed by atoms with van der Waals surface area (Å²) in [7, 11) is 0. The van der Waals surface area contributed by atoms with Gasteiger partial charge in [-0.2, -0.15) is 0 Å². The van der Waals surface area contributed by atoms with Crippen molar-refractivity contribution < 1.29 is 9.53 Å². The standard InChI is InChI=1S/C8H13N3O2/c1-3-5-6-7(10-11-9)8(12)13-4-2/h6H,3-5H2,1-2H3/b7-6+. The van der Waals surface area contributed by atoms with Crippen molar-refractivity contribution in [1.29, 1.82) is 0 Å². The summed E-state index contributed by atoms with van der Waals surface area (Å²) in [6.45, 7) is 3.95. The molecule has 0 bridgehead atoms. The van der Waals surface area contributed by atoms with Crippen LogP contribution in [-0.2, 0) is 9.53 Å². The number of unbranched alkanes of at least 4 members (excludes halogenated alkanes) is 1. The van der Waals surface area contributed by atoms with Gasteiger partial charge in [-0.05, 0) is 18.9 Å². The monoisotopic (exact) mass is 183 g/mol. The lowest BCUT2D eigenvalue weighted by Crippen LogP contribution is -2.05. The molecular weight excluding hydrogens is 170 g/mol. The first kappa shape index (κ1) is 11.5. The van der Waals surface area contributed by atoms with E-state index in [-0.39, 0.29) is 12.3 Å². The summed E-state index contributed by atoms with van der Waals surface area (Å²) in [6, 6.07) is 0. The largest absolute Gasteiger partial charge is 0.462 e. The molecule has 0 atom stereocenters. The minimum absolute atomic E-state index is 0.0474. The number of carbonyl (C=O) groups is 1. The Balaban J connectivity index is 4.40. The van der Waals surface area contributed by atoms with E-state index in [1.807, 2.05) is 6.92 Å². The van der Waals surface area contributed by atoms with E-state index in [9.17, 15) is 4.79 Å². The quantitative estimate of drug-likeness (QED) is 0.216. The lowest BCUT2D eigenvalue weighted by molar-refractivity contribution is -0.138. The van der Waals surface area contributed by atoms with Crippen LogP contribution in [0, 0.1) is 0 Å². The molecule has 0 aromatic carbocycles. The molecule has 0 N–H and O–H groups in total. The first-order valence-corrected chi connectivity index (χ1v) is 4.18. The number of hydrogen-bond donors (Lipinski definition) is 0. The molecule has 0 amide bonds. The highest BCUT2D eigenvalue weighted by atomic mass is 16.5. The molecule has 0 heterocycles. The van der Waals surface area contributed by atoms with Gasteiger partial charge < -0.3 is 4.74 Å². The fraction of sp³-hybridized carbons (Fsp3) is 0.625. The molecule has 5 heteroatoms. The fourth-order valence-corrected chi connectivity index (χ4v) is 0.699. The zero-order valence-corrected chi connectivity index (χ0v) is 7.86. The topological polar surface area (TPSA) is 75.1 Å². The van der Waals surface area contributed by atoms with E-state index < -0.39 is 5.97 Å². The normalized spacial score (nSPS) is 10.5. The first-order chi connectivity index (χ1) is 6.26. The lowest BCUT2D eigenvalue weighted by atomic mass is 10.3. The Labute approximate surface area is 77.0 Å². The summed E-state index contributed by atoms with van der Waals surface area (Å²) in [5, 5.41) is 3.25. The van der Waals surface area contributed by atoms with Crippen molar-refractivity contribution in [2.24, 2.45) is 5.11 Å². The molecule has 0 saturated heterocycles. The predicted octanol–water partition coefficient (Wildman–Crippen LogP) is 2.54. The van der Waals surface area contributed by atoms with E-state index in [2.05, 4.69) is 14.8 Å². The van der Waals surface area contributed by atoms with Crippen molar-refractivity contribution in [3.8, 4) is 0 Å². The SMILES string of the molecule is CCC/C=C(/N=[N+]=[N-])C(=O)OCC. The van der Waals surface area contributed by atoms with Crippen LogP contribution in [0.3, 0.4) is 0 Å². The number of esters is 1. The maximum atomic E-state index is 11.1. The number of azide groups is 1. The van der Waals surface area contributed by atoms with Crippen molar-refractivity contribution in [3.63, 3.8) is 0 Å². The second-order valence-electron chi connectivity index (χ2n) is 2.29. The average molecular weight is 183 g/mol. The van der Waals surface area contributed by atoms with Gasteiger partial charge in [0.1, 0.15) is 5.70 Å². The molecule has 0 fully saturated rings. The van der Waals surface area contributed by atoms with Gasteiger partial charge in [0.15, 0.2) is 0 Å². The van der Waals surface area contributed by atoms with Gasteiger partial charge in [0.2, 0.25) is 0 Å². The number of nitrogens with zero attached hydrogens (tertiary/aromatic N) is 3. The highest BCUT2D eigenvalue weighted by Crippen LogP contribution is 2.04. The number of hydrogen-bond acceptors (Lipinski definition) is 3. The van der Waals surface area contributed by atoms with E-state index in [4.69, 9.17) is 5.53 Å². The van der Waals surface area contributed by atoms with E-state index in [0.29, 0.717) is 6.42 Å². The molecule has 0 aliphatic heterocycles. The van der Waals surface area contributed by atoms with Crippen molar-refractivity contribution in [3.05, 3.63) is 22.2 Å². The molecule has 0 spiro atoms. The summed E-state index contributed by atoms with van der Waals surface area (Å²) in [5.74, 6) is -0.561. The van der Waals surface area contributed by atoms with Crippen molar-refractivity contribution >= 4 is 5.97 Å². The molecule has 13 heavy (non-hydrogen) atoms. The molecule has 0 rings (SSSR count). The molecule has 0 unspecified atom stereocenters. The van der Waals surface area contributed by atoms with Crippen LogP contribution in [0.25, 0.3) is 10.4 Å². The van der Waals surface area contributed by atoms with E-state index in [0.717, 1.165) is 6.42 Å². The summed E-state index contributed by atoms with van der Waals surface area (Å²) < 4.78 is 4.68. The maximum absolute atomic E-state index is 11.1. The molecule has 0 radical (unpaired) electrons. The third kappa shape index (κ3) is 4.87. The molecule has 0 aromatic heterocycles. The van der Waals surface area contributed by atoms with Gasteiger partial charge in [0.05, 0.1) is 6.61 Å². The molecule has 0 aliphatic carbocycles. The highest BCUT2D eigenvalue weighted by molar-refractivity contribution is 5.87. The zero-order valence-electron chi connectivity index (χ0n) is 7.86. The fourth-order valence-electron chi connectivity index (χ4n) is 0.699. The highest BCUT2D eigenvalue weighted by Gasteiger charge is 2.06. The minimum Gasteiger partial charge on any atom is -0.462 e. The Morgan fingerprint density at radius 1 is 1.62 bits per heavy atom. The van der Waals surface area contributed by atoms with Crippen LogP contribution < -0.4 is 0 Å².